The van der Waals surface area contributed by atoms with E-state index in [9.17, 15) is 9.50 Å². The van der Waals surface area contributed by atoms with Crippen LogP contribution in [0.2, 0.25) is 5.02 Å². The Hall–Kier alpha value is -0.680. The van der Waals surface area contributed by atoms with E-state index < -0.39 is 0 Å². The molecule has 0 unspecified atom stereocenters. The van der Waals surface area contributed by atoms with E-state index in [0.29, 0.717) is 11.4 Å². The van der Waals surface area contributed by atoms with Gasteiger partial charge in [-0.2, -0.15) is 0 Å². The number of piperazine rings is 1. The molecule has 0 aliphatic carbocycles. The van der Waals surface area contributed by atoms with Crippen molar-refractivity contribution >= 4 is 11.6 Å². The Bertz CT molecular complexity index is 397. The molecule has 1 fully saturated rings. The van der Waals surface area contributed by atoms with Crippen molar-refractivity contribution in [1.29, 1.82) is 0 Å². The molecule has 0 amide bonds. The van der Waals surface area contributed by atoms with Gasteiger partial charge in [0, 0.05) is 43.9 Å². The lowest BCUT2D eigenvalue weighted by Crippen LogP contribution is -2.45. The summed E-state index contributed by atoms with van der Waals surface area (Å²) in [5.74, 6) is -0.285. The summed E-state index contributed by atoms with van der Waals surface area (Å²) in [6.07, 6.45) is 0.573. The standard InChI is InChI=1S/C13H18ClFN2O/c14-12-2-1-10(15)9-11(12)13(3-8-18)17-6-4-16-5-7-17/h1-2,9,13,16,18H,3-8H2/t13-/m0/s1. The van der Waals surface area contributed by atoms with Gasteiger partial charge in [-0.15, -0.1) is 0 Å². The van der Waals surface area contributed by atoms with E-state index in [1.807, 2.05) is 0 Å². The molecule has 5 heteroatoms. The van der Waals surface area contributed by atoms with Crippen molar-refractivity contribution in [1.82, 2.24) is 10.2 Å². The number of hydrogen-bond donors (Lipinski definition) is 2. The number of benzene rings is 1. The number of rotatable bonds is 4. The van der Waals surface area contributed by atoms with Crippen molar-refractivity contribution in [2.45, 2.75) is 12.5 Å². The first-order valence-corrected chi connectivity index (χ1v) is 6.60. The van der Waals surface area contributed by atoms with Crippen LogP contribution < -0.4 is 5.32 Å². The fourth-order valence-electron chi connectivity index (χ4n) is 2.42. The van der Waals surface area contributed by atoms with E-state index in [0.717, 1.165) is 31.7 Å². The third-order valence-corrected chi connectivity index (χ3v) is 3.66. The summed E-state index contributed by atoms with van der Waals surface area (Å²) < 4.78 is 13.4. The normalized spacial score (nSPS) is 18.8. The fraction of sp³-hybridized carbons (Fsp3) is 0.538. The van der Waals surface area contributed by atoms with Crippen LogP contribution in [0.25, 0.3) is 0 Å². The Morgan fingerprint density at radius 2 is 2.11 bits per heavy atom. The van der Waals surface area contributed by atoms with E-state index >= 15 is 0 Å². The molecule has 1 aliphatic rings. The molecule has 1 saturated heterocycles. The molecule has 0 spiro atoms. The van der Waals surface area contributed by atoms with Crippen molar-refractivity contribution in [2.75, 3.05) is 32.8 Å². The zero-order valence-corrected chi connectivity index (χ0v) is 11.0. The summed E-state index contributed by atoms with van der Waals surface area (Å²) in [6, 6.07) is 4.41. The molecule has 0 saturated carbocycles. The molecule has 1 aromatic carbocycles. The largest absolute Gasteiger partial charge is 0.396 e. The number of aliphatic hydroxyl groups excluding tert-OH is 1. The van der Waals surface area contributed by atoms with E-state index in [2.05, 4.69) is 10.2 Å². The lowest BCUT2D eigenvalue weighted by molar-refractivity contribution is 0.141. The van der Waals surface area contributed by atoms with Gasteiger partial charge >= 0.3 is 0 Å². The maximum atomic E-state index is 13.4. The van der Waals surface area contributed by atoms with Gasteiger partial charge in [0.1, 0.15) is 5.82 Å². The molecular weight excluding hydrogens is 255 g/mol. The molecule has 100 valence electrons. The minimum atomic E-state index is -0.285. The third-order valence-electron chi connectivity index (χ3n) is 3.31. The summed E-state index contributed by atoms with van der Waals surface area (Å²) in [6.45, 7) is 3.67. The van der Waals surface area contributed by atoms with Gasteiger partial charge in [0.25, 0.3) is 0 Å². The molecule has 0 radical (unpaired) electrons. The van der Waals surface area contributed by atoms with Crippen molar-refractivity contribution < 1.29 is 9.50 Å². The maximum Gasteiger partial charge on any atom is 0.123 e. The van der Waals surface area contributed by atoms with Crippen LogP contribution in [-0.2, 0) is 0 Å². The zero-order chi connectivity index (χ0) is 13.0. The molecule has 0 bridgehead atoms. The molecule has 1 heterocycles. The fourth-order valence-corrected chi connectivity index (χ4v) is 2.66. The van der Waals surface area contributed by atoms with E-state index in [4.69, 9.17) is 11.6 Å². The first-order valence-electron chi connectivity index (χ1n) is 6.23. The van der Waals surface area contributed by atoms with Crippen molar-refractivity contribution in [3.63, 3.8) is 0 Å². The Balaban J connectivity index is 2.24. The van der Waals surface area contributed by atoms with Crippen LogP contribution in [-0.4, -0.2) is 42.8 Å². The van der Waals surface area contributed by atoms with Crippen LogP contribution in [0.5, 0.6) is 0 Å². The molecule has 18 heavy (non-hydrogen) atoms. The lowest BCUT2D eigenvalue weighted by Gasteiger charge is -2.35. The van der Waals surface area contributed by atoms with Crippen molar-refractivity contribution in [3.8, 4) is 0 Å². The molecule has 2 N–H and O–H groups in total. The highest BCUT2D eigenvalue weighted by Gasteiger charge is 2.23. The molecule has 1 aromatic rings. The first kappa shape index (κ1) is 13.7. The topological polar surface area (TPSA) is 35.5 Å². The number of nitrogens with one attached hydrogen (secondary N) is 1. The summed E-state index contributed by atoms with van der Waals surface area (Å²) >= 11 is 6.16. The molecule has 0 aromatic heterocycles. The van der Waals surface area contributed by atoms with Crippen LogP contribution in [0.3, 0.4) is 0 Å². The van der Waals surface area contributed by atoms with Gasteiger partial charge in [0.2, 0.25) is 0 Å². The average Bonchev–Trinajstić information content (AvgIpc) is 2.40. The Morgan fingerprint density at radius 1 is 1.39 bits per heavy atom. The monoisotopic (exact) mass is 272 g/mol. The molecule has 1 atom stereocenters. The minimum absolute atomic E-state index is 0.0136. The SMILES string of the molecule is OCC[C@@H](c1cc(F)ccc1Cl)N1CCNCC1. The van der Waals surface area contributed by atoms with E-state index in [-0.39, 0.29) is 18.5 Å². The second-order valence-corrected chi connectivity index (χ2v) is 4.89. The molecule has 3 nitrogen and oxygen atoms in total. The summed E-state index contributed by atoms with van der Waals surface area (Å²) in [4.78, 5) is 2.24. The van der Waals surface area contributed by atoms with Crippen molar-refractivity contribution in [2.24, 2.45) is 0 Å². The number of nitrogens with zero attached hydrogens (tertiary/aromatic N) is 1. The van der Waals surface area contributed by atoms with Gasteiger partial charge in [0.15, 0.2) is 0 Å². The zero-order valence-electron chi connectivity index (χ0n) is 10.2. The average molecular weight is 273 g/mol. The molecular formula is C13H18ClFN2O. The summed E-state index contributed by atoms with van der Waals surface area (Å²) in [5, 5.41) is 13.1. The third kappa shape index (κ3) is 3.20. The van der Waals surface area contributed by atoms with Gasteiger partial charge in [-0.25, -0.2) is 4.39 Å². The number of hydrogen-bond acceptors (Lipinski definition) is 3. The van der Waals surface area contributed by atoms with Crippen LogP contribution in [0.4, 0.5) is 4.39 Å². The number of halogens is 2. The molecule has 1 aliphatic heterocycles. The highest BCUT2D eigenvalue weighted by Crippen LogP contribution is 2.30. The second-order valence-electron chi connectivity index (χ2n) is 4.48. The highest BCUT2D eigenvalue weighted by atomic mass is 35.5. The minimum Gasteiger partial charge on any atom is -0.396 e. The lowest BCUT2D eigenvalue weighted by atomic mass is 10.0. The number of aliphatic hydroxyl groups is 1. The quantitative estimate of drug-likeness (QED) is 0.878. The Labute approximate surface area is 112 Å². The van der Waals surface area contributed by atoms with Gasteiger partial charge in [-0.1, -0.05) is 11.6 Å². The van der Waals surface area contributed by atoms with Gasteiger partial charge < -0.3 is 10.4 Å². The summed E-state index contributed by atoms with van der Waals surface area (Å²) in [5.41, 5.74) is 0.771. The Kier molecular flexibility index (Phi) is 4.95. The van der Waals surface area contributed by atoms with Gasteiger partial charge in [-0.3, -0.25) is 4.90 Å². The smallest absolute Gasteiger partial charge is 0.123 e. The second kappa shape index (κ2) is 6.48. The van der Waals surface area contributed by atoms with Gasteiger partial charge in [0.05, 0.1) is 0 Å². The molecule has 2 rings (SSSR count). The predicted molar refractivity (Wildman–Crippen MR) is 70.3 cm³/mol. The van der Waals surface area contributed by atoms with Gasteiger partial charge in [-0.05, 0) is 30.2 Å². The summed E-state index contributed by atoms with van der Waals surface area (Å²) in [7, 11) is 0. The van der Waals surface area contributed by atoms with E-state index in [1.165, 1.54) is 12.1 Å². The van der Waals surface area contributed by atoms with Crippen LogP contribution in [0, 0.1) is 5.82 Å². The van der Waals surface area contributed by atoms with Crippen LogP contribution >= 0.6 is 11.6 Å². The maximum absolute atomic E-state index is 13.4. The van der Waals surface area contributed by atoms with Crippen LogP contribution in [0.1, 0.15) is 18.0 Å². The Morgan fingerprint density at radius 3 is 2.78 bits per heavy atom. The highest BCUT2D eigenvalue weighted by molar-refractivity contribution is 6.31. The van der Waals surface area contributed by atoms with Crippen molar-refractivity contribution in [3.05, 3.63) is 34.6 Å². The first-order chi connectivity index (χ1) is 8.72. The predicted octanol–water partition coefficient (Wildman–Crippen LogP) is 1.81. The van der Waals surface area contributed by atoms with E-state index in [1.54, 1.807) is 6.07 Å². The van der Waals surface area contributed by atoms with Crippen LogP contribution in [0.15, 0.2) is 18.2 Å².